The van der Waals surface area contributed by atoms with Gasteiger partial charge >= 0.3 is 5.97 Å². The molecule has 0 saturated heterocycles. The Morgan fingerprint density at radius 1 is 0.942 bits per heavy atom. The number of carbonyl (C=O) groups excluding carboxylic acids is 1. The molecule has 9 nitrogen and oxygen atoms in total. The third-order valence-electron chi connectivity index (χ3n) is 10.6. The number of Topliss-reactive ketones (excluding diaryl/α,β-unsaturated/α-hetero) is 1. The number of carboxylic acids is 1. The normalized spacial score (nSPS) is 16.9. The van der Waals surface area contributed by atoms with Crippen LogP contribution < -0.4 is 19.5 Å². The Hall–Kier alpha value is -4.47. The van der Waals surface area contributed by atoms with Gasteiger partial charge in [0.05, 0.1) is 30.4 Å². The van der Waals surface area contributed by atoms with Crippen LogP contribution in [0.3, 0.4) is 0 Å². The maximum atomic E-state index is 11.7. The van der Waals surface area contributed by atoms with Crippen LogP contribution in [0.2, 0.25) is 5.02 Å². The van der Waals surface area contributed by atoms with Gasteiger partial charge in [0.2, 0.25) is 17.6 Å². The van der Waals surface area contributed by atoms with Crippen molar-refractivity contribution in [2.24, 2.45) is 11.3 Å². The van der Waals surface area contributed by atoms with Crippen molar-refractivity contribution in [3.63, 3.8) is 0 Å². The Morgan fingerprint density at radius 2 is 1.67 bits per heavy atom. The van der Waals surface area contributed by atoms with Crippen LogP contribution in [-0.4, -0.2) is 47.6 Å². The minimum absolute atomic E-state index is 0.200. The summed E-state index contributed by atoms with van der Waals surface area (Å²) in [5.74, 6) is 1.42. The maximum Gasteiger partial charge on any atom is 0.309 e. The van der Waals surface area contributed by atoms with Crippen molar-refractivity contribution in [1.29, 1.82) is 0 Å². The Bertz CT molecular complexity index is 1990. The summed E-state index contributed by atoms with van der Waals surface area (Å²) in [6.07, 6.45) is 4.68. The molecule has 2 aromatic heterocycles. The number of nitrogens with one attached hydrogen (secondary N) is 1. The molecule has 52 heavy (non-hydrogen) atoms. The zero-order chi connectivity index (χ0) is 37.2. The SMILES string of the molecule is COc1nc(O[C@H]2CCc3c(-c4cccc(-c5cc(C)c(CNC[C@@H]6CCC(=O)C6)c(OC)n5)c4Cl)cccc32)c(C)cc1CCC(C)(C)C(=O)O. The number of fused-ring (bicyclic) bond motifs is 1. The number of aliphatic carboxylic acids is 1. The first-order valence-corrected chi connectivity index (χ1v) is 18.4. The molecule has 0 unspecified atom stereocenters. The number of methoxy groups -OCH3 is 2. The van der Waals surface area contributed by atoms with E-state index >= 15 is 0 Å². The molecule has 274 valence electrons. The van der Waals surface area contributed by atoms with Crippen LogP contribution in [0.5, 0.6) is 17.6 Å². The number of aromatic nitrogens is 2. The summed E-state index contributed by atoms with van der Waals surface area (Å²) >= 11 is 7.23. The Morgan fingerprint density at radius 3 is 2.38 bits per heavy atom. The largest absolute Gasteiger partial charge is 0.481 e. The zero-order valence-corrected chi connectivity index (χ0v) is 31.7. The smallest absolute Gasteiger partial charge is 0.309 e. The molecule has 0 bridgehead atoms. The van der Waals surface area contributed by atoms with Crippen LogP contribution in [0.4, 0.5) is 0 Å². The summed E-state index contributed by atoms with van der Waals surface area (Å²) < 4.78 is 18.0. The molecule has 2 atom stereocenters. The number of nitrogens with zero attached hydrogens (tertiary/aromatic N) is 2. The van der Waals surface area contributed by atoms with E-state index in [1.807, 2.05) is 37.3 Å². The summed E-state index contributed by atoms with van der Waals surface area (Å²) in [7, 11) is 3.21. The number of ketones is 1. The van der Waals surface area contributed by atoms with Gasteiger partial charge in [-0.15, -0.1) is 0 Å². The van der Waals surface area contributed by atoms with Crippen LogP contribution >= 0.6 is 11.6 Å². The second-order valence-corrected chi connectivity index (χ2v) is 15.1. The van der Waals surface area contributed by atoms with Gasteiger partial charge in [-0.3, -0.25) is 9.59 Å². The number of pyridine rings is 2. The Labute approximate surface area is 311 Å². The highest BCUT2D eigenvalue weighted by Gasteiger charge is 2.30. The molecular weight excluding hydrogens is 678 g/mol. The van der Waals surface area contributed by atoms with Crippen molar-refractivity contribution in [3.05, 3.63) is 86.9 Å². The van der Waals surface area contributed by atoms with E-state index in [0.717, 1.165) is 76.0 Å². The second-order valence-electron chi connectivity index (χ2n) is 14.7. The number of aryl methyl sites for hydroxylation is 3. The van der Waals surface area contributed by atoms with Crippen molar-refractivity contribution in [3.8, 4) is 40.0 Å². The Kier molecular flexibility index (Phi) is 11.2. The van der Waals surface area contributed by atoms with Crippen LogP contribution in [-0.2, 0) is 29.0 Å². The summed E-state index contributed by atoms with van der Waals surface area (Å²) in [6, 6.07) is 16.4. The molecule has 2 aliphatic carbocycles. The van der Waals surface area contributed by atoms with Crippen LogP contribution in [0, 0.1) is 25.2 Å². The highest BCUT2D eigenvalue weighted by Crippen LogP contribution is 2.44. The number of carbonyl (C=O) groups is 2. The third-order valence-corrected chi connectivity index (χ3v) is 11.0. The van der Waals surface area contributed by atoms with Gasteiger partial charge in [-0.05, 0) is 107 Å². The van der Waals surface area contributed by atoms with Crippen LogP contribution in [0.15, 0.2) is 48.5 Å². The molecule has 0 amide bonds. The first-order valence-electron chi connectivity index (χ1n) is 18.0. The summed E-state index contributed by atoms with van der Waals surface area (Å²) in [6.45, 7) is 8.87. The van der Waals surface area contributed by atoms with Crippen LogP contribution in [0.1, 0.15) is 85.4 Å². The van der Waals surface area contributed by atoms with Gasteiger partial charge in [0.25, 0.3) is 0 Å². The second kappa shape index (κ2) is 15.6. The minimum Gasteiger partial charge on any atom is -0.481 e. The van der Waals surface area contributed by atoms with Gasteiger partial charge < -0.3 is 24.6 Å². The monoisotopic (exact) mass is 725 g/mol. The highest BCUT2D eigenvalue weighted by molar-refractivity contribution is 6.36. The van der Waals surface area contributed by atoms with E-state index in [0.29, 0.717) is 66.6 Å². The standard InChI is InChI=1S/C42H48ClN3O6/c1-24-20-35(45-40(51-6)34(24)23-44-22-26-13-14-28(47)21-26)33-12-8-11-32(37(33)43)29-9-7-10-31-30(29)15-16-36(31)52-38-25(2)19-27(39(46-38)50-5)17-18-42(3,4)41(48)49/h7-12,19-20,26,36,44H,13-18,21-23H2,1-6H3,(H,48,49)/t26-,36+/m1/s1. The first kappa shape index (κ1) is 37.3. The molecule has 0 aliphatic heterocycles. The lowest BCUT2D eigenvalue weighted by molar-refractivity contribution is -0.147. The van der Waals surface area contributed by atoms with Crippen molar-refractivity contribution >= 4 is 23.4 Å². The van der Waals surface area contributed by atoms with E-state index in [4.69, 9.17) is 35.8 Å². The molecule has 0 radical (unpaired) electrons. The van der Waals surface area contributed by atoms with E-state index in [-0.39, 0.29) is 6.10 Å². The quantitative estimate of drug-likeness (QED) is 0.132. The molecule has 10 heteroatoms. The maximum absolute atomic E-state index is 11.7. The molecule has 1 fully saturated rings. The molecule has 2 heterocycles. The number of benzene rings is 2. The van der Waals surface area contributed by atoms with Gasteiger partial charge in [-0.1, -0.05) is 48.0 Å². The number of hydrogen-bond acceptors (Lipinski definition) is 8. The van der Waals surface area contributed by atoms with Crippen molar-refractivity contribution in [1.82, 2.24) is 15.3 Å². The molecule has 2 aromatic carbocycles. The number of halogens is 1. The number of rotatable bonds is 14. The fourth-order valence-corrected chi connectivity index (χ4v) is 7.71. The molecule has 6 rings (SSSR count). The predicted octanol–water partition coefficient (Wildman–Crippen LogP) is 8.67. The fourth-order valence-electron chi connectivity index (χ4n) is 7.39. The van der Waals surface area contributed by atoms with Crippen molar-refractivity contribution in [2.75, 3.05) is 20.8 Å². The fraction of sp³-hybridized carbons (Fsp3) is 0.429. The van der Waals surface area contributed by atoms with E-state index in [1.165, 1.54) is 5.56 Å². The molecule has 2 aliphatic rings. The lowest BCUT2D eigenvalue weighted by atomic mass is 9.86. The van der Waals surface area contributed by atoms with Crippen LogP contribution in [0.25, 0.3) is 22.4 Å². The van der Waals surface area contributed by atoms with E-state index in [1.54, 1.807) is 28.1 Å². The van der Waals surface area contributed by atoms with Gasteiger partial charge in [0, 0.05) is 47.2 Å². The molecule has 0 spiro atoms. The molecule has 4 aromatic rings. The minimum atomic E-state index is -0.856. The summed E-state index contributed by atoms with van der Waals surface area (Å²) in [5.41, 5.74) is 8.76. The predicted molar refractivity (Wildman–Crippen MR) is 202 cm³/mol. The molecular formula is C42H48ClN3O6. The van der Waals surface area contributed by atoms with Gasteiger partial charge in [-0.25, -0.2) is 4.98 Å². The Balaban J connectivity index is 1.23. The number of ether oxygens (including phenoxy) is 3. The summed E-state index contributed by atoms with van der Waals surface area (Å²) in [4.78, 5) is 33.0. The first-order chi connectivity index (χ1) is 24.9. The summed E-state index contributed by atoms with van der Waals surface area (Å²) in [5, 5.41) is 13.7. The average Bonchev–Trinajstić information content (AvgIpc) is 3.74. The van der Waals surface area contributed by atoms with Gasteiger partial charge in [0.15, 0.2) is 0 Å². The molecule has 2 N–H and O–H groups in total. The zero-order valence-electron chi connectivity index (χ0n) is 30.9. The van der Waals surface area contributed by atoms with E-state index in [2.05, 4.69) is 30.4 Å². The highest BCUT2D eigenvalue weighted by atomic mass is 35.5. The number of carboxylic acid groups (broad SMARTS) is 1. The van der Waals surface area contributed by atoms with E-state index in [9.17, 15) is 14.7 Å². The number of hydrogen-bond donors (Lipinski definition) is 2. The average molecular weight is 726 g/mol. The van der Waals surface area contributed by atoms with Gasteiger partial charge in [0.1, 0.15) is 11.9 Å². The van der Waals surface area contributed by atoms with Gasteiger partial charge in [-0.2, -0.15) is 4.98 Å². The molecule has 1 saturated carbocycles. The lowest BCUT2D eigenvalue weighted by Crippen LogP contribution is -2.24. The third kappa shape index (κ3) is 7.81. The topological polar surface area (TPSA) is 120 Å². The van der Waals surface area contributed by atoms with Crippen molar-refractivity contribution in [2.45, 2.75) is 85.3 Å². The van der Waals surface area contributed by atoms with E-state index < -0.39 is 11.4 Å². The lowest BCUT2D eigenvalue weighted by Gasteiger charge is -2.21. The van der Waals surface area contributed by atoms with Crippen molar-refractivity contribution < 1.29 is 28.9 Å².